The molecule has 4 aliphatic rings. The van der Waals surface area contributed by atoms with Crippen LogP contribution in [0, 0.1) is 52.3 Å². The minimum Gasteiger partial charge on any atom is -0.393 e. The highest BCUT2D eigenvalue weighted by molar-refractivity contribution is 7.80. The molecule has 4 aliphatic carbocycles. The Morgan fingerprint density at radius 2 is 1.60 bits per heavy atom. The van der Waals surface area contributed by atoms with Crippen LogP contribution in [0.25, 0.3) is 0 Å². The highest BCUT2D eigenvalue weighted by Gasteiger charge is 2.62. The lowest BCUT2D eigenvalue weighted by atomic mass is 9.43. The molecule has 0 radical (unpaired) electrons. The van der Waals surface area contributed by atoms with E-state index in [2.05, 4.69) is 31.4 Å². The van der Waals surface area contributed by atoms with Crippen LogP contribution >= 0.6 is 0 Å². The van der Waals surface area contributed by atoms with Crippen molar-refractivity contribution in [1.29, 1.82) is 0 Å². The third kappa shape index (κ3) is 8.36. The Bertz CT molecular complexity index is 981. The second-order valence-corrected chi connectivity index (χ2v) is 17.0. The first kappa shape index (κ1) is 35.6. The number of unbranched alkanes of at least 4 members (excludes halogenated alkanes) is 1. The van der Waals surface area contributed by atoms with E-state index in [9.17, 15) is 18.1 Å². The van der Waals surface area contributed by atoms with Gasteiger partial charge >= 0.3 is 10.4 Å². The maximum Gasteiger partial charge on any atom is 0.397 e. The van der Waals surface area contributed by atoms with Crippen LogP contribution in [0.3, 0.4) is 0 Å². The summed E-state index contributed by atoms with van der Waals surface area (Å²) < 4.78 is 37.1. The molecule has 0 saturated heterocycles. The first-order valence-electron chi connectivity index (χ1n) is 17.8. The molecule has 0 heterocycles. The van der Waals surface area contributed by atoms with E-state index in [1.54, 1.807) is 0 Å². The van der Waals surface area contributed by atoms with Crippen LogP contribution < -0.4 is 16.4 Å². The quantitative estimate of drug-likeness (QED) is 0.111. The predicted octanol–water partition coefficient (Wildman–Crippen LogP) is 5.55. The van der Waals surface area contributed by atoms with Gasteiger partial charge in [0.25, 0.3) is 0 Å². The van der Waals surface area contributed by atoms with E-state index in [-0.39, 0.29) is 17.4 Å². The average molecular weight is 628 g/mol. The third-order valence-corrected chi connectivity index (χ3v) is 13.6. The van der Waals surface area contributed by atoms with Gasteiger partial charge in [0.05, 0.1) is 12.2 Å². The van der Waals surface area contributed by atoms with E-state index in [0.29, 0.717) is 53.4 Å². The molecule has 0 aliphatic heterocycles. The van der Waals surface area contributed by atoms with E-state index in [0.717, 1.165) is 58.3 Å². The van der Waals surface area contributed by atoms with Gasteiger partial charge in [0, 0.05) is 6.04 Å². The van der Waals surface area contributed by atoms with E-state index < -0.39 is 16.5 Å². The van der Waals surface area contributed by atoms with Gasteiger partial charge in [0.15, 0.2) is 0 Å². The fourth-order valence-electron chi connectivity index (χ4n) is 10.7. The van der Waals surface area contributed by atoms with Crippen LogP contribution in [0.1, 0.15) is 118 Å². The topological polar surface area (TPSA) is 134 Å². The normalized spacial score (nSPS) is 39.2. The summed E-state index contributed by atoms with van der Waals surface area (Å²) in [5.41, 5.74) is 6.13. The Kier molecular flexibility index (Phi) is 12.5. The van der Waals surface area contributed by atoms with Gasteiger partial charge in [-0.2, -0.15) is 8.42 Å². The fourth-order valence-corrected chi connectivity index (χ4v) is 11.3. The number of rotatable bonds is 16. The fraction of sp³-hybridized carbons (Fsp3) is 1.00. The van der Waals surface area contributed by atoms with Gasteiger partial charge in [-0.3, -0.25) is 4.55 Å². The number of hydrogen-bond acceptors (Lipinski definition) is 7. The number of aliphatic hydroxyl groups excluding tert-OH is 1. The molecule has 4 rings (SSSR count). The molecule has 252 valence electrons. The summed E-state index contributed by atoms with van der Waals surface area (Å²) in [6.07, 6.45) is 13.7. The molecule has 0 amide bonds. The second kappa shape index (κ2) is 15.1. The number of hydrogen-bond donors (Lipinski definition) is 5. The van der Waals surface area contributed by atoms with Crippen molar-refractivity contribution in [1.82, 2.24) is 10.6 Å². The Labute approximate surface area is 263 Å². The van der Waals surface area contributed by atoms with Crippen molar-refractivity contribution in [3.8, 4) is 0 Å². The molecule has 9 heteroatoms. The zero-order chi connectivity index (χ0) is 31.4. The third-order valence-electron chi connectivity index (χ3n) is 13.1. The van der Waals surface area contributed by atoms with Gasteiger partial charge in [-0.25, -0.2) is 4.18 Å². The molecule has 1 unspecified atom stereocenters. The number of nitrogens with two attached hydrogens (primary N) is 1. The van der Waals surface area contributed by atoms with Crippen LogP contribution in [-0.2, 0) is 14.6 Å². The molecule has 0 bridgehead atoms. The molecule has 8 nitrogen and oxygen atoms in total. The van der Waals surface area contributed by atoms with Crippen LogP contribution in [0.2, 0.25) is 0 Å². The zero-order valence-corrected chi connectivity index (χ0v) is 28.7. The Hall–Kier alpha value is -0.290. The van der Waals surface area contributed by atoms with Gasteiger partial charge in [-0.05, 0) is 162 Å². The van der Waals surface area contributed by atoms with Crippen molar-refractivity contribution in [3.63, 3.8) is 0 Å². The van der Waals surface area contributed by atoms with Crippen LogP contribution in [0.4, 0.5) is 0 Å². The smallest absolute Gasteiger partial charge is 0.393 e. The molecule has 0 aromatic carbocycles. The first-order valence-corrected chi connectivity index (χ1v) is 19.1. The summed E-state index contributed by atoms with van der Waals surface area (Å²) in [5, 5.41) is 19.2. The predicted molar refractivity (Wildman–Crippen MR) is 174 cm³/mol. The molecule has 4 saturated carbocycles. The van der Waals surface area contributed by atoms with Crippen molar-refractivity contribution < 1.29 is 22.3 Å². The zero-order valence-electron chi connectivity index (χ0n) is 27.9. The SMILES string of the molecule is CC(C)[C@@H](CC[C@@H](C)[C@H]1CC[C@H]2C3[C@H](O)C[C@H]4C[C@@H](NCCCNCCCCN)CC[C@]4(C)[C@H]3CC[C@]12C)OS(=O)(=O)O. The van der Waals surface area contributed by atoms with E-state index in [1.807, 2.05) is 13.8 Å². The van der Waals surface area contributed by atoms with E-state index in [1.165, 1.54) is 44.9 Å². The molecule has 43 heavy (non-hydrogen) atoms. The van der Waals surface area contributed by atoms with Gasteiger partial charge < -0.3 is 21.5 Å². The van der Waals surface area contributed by atoms with Gasteiger partial charge in [-0.15, -0.1) is 0 Å². The van der Waals surface area contributed by atoms with Crippen LogP contribution in [0.15, 0.2) is 0 Å². The lowest BCUT2D eigenvalue weighted by Crippen LogP contribution is -2.59. The number of aliphatic hydroxyl groups is 1. The summed E-state index contributed by atoms with van der Waals surface area (Å²) in [6.45, 7) is 15.3. The van der Waals surface area contributed by atoms with Crippen molar-refractivity contribution in [2.45, 2.75) is 136 Å². The van der Waals surface area contributed by atoms with Crippen LogP contribution in [-0.4, -0.2) is 62.5 Å². The maximum atomic E-state index is 11.8. The summed E-state index contributed by atoms with van der Waals surface area (Å²) in [7, 11) is -4.45. The van der Waals surface area contributed by atoms with Crippen molar-refractivity contribution >= 4 is 10.4 Å². The van der Waals surface area contributed by atoms with Crippen molar-refractivity contribution in [2.75, 3.05) is 26.2 Å². The summed E-state index contributed by atoms with van der Waals surface area (Å²) in [5.74, 6) is 3.21. The van der Waals surface area contributed by atoms with Crippen molar-refractivity contribution in [3.05, 3.63) is 0 Å². The minimum atomic E-state index is -4.45. The molecular weight excluding hydrogens is 562 g/mol. The Morgan fingerprint density at radius 3 is 2.30 bits per heavy atom. The Morgan fingerprint density at radius 1 is 0.907 bits per heavy atom. The molecule has 11 atom stereocenters. The van der Waals surface area contributed by atoms with Gasteiger partial charge in [-0.1, -0.05) is 34.6 Å². The minimum absolute atomic E-state index is 0.0152. The van der Waals surface area contributed by atoms with Gasteiger partial charge in [0.2, 0.25) is 0 Å². The molecule has 0 spiro atoms. The highest BCUT2D eigenvalue weighted by Crippen LogP contribution is 2.68. The second-order valence-electron chi connectivity index (χ2n) is 15.9. The van der Waals surface area contributed by atoms with Gasteiger partial charge in [0.1, 0.15) is 0 Å². The molecule has 4 fully saturated rings. The summed E-state index contributed by atoms with van der Waals surface area (Å²) in [6, 6.07) is 0.573. The lowest BCUT2D eigenvalue weighted by Gasteiger charge is -2.62. The molecule has 6 N–H and O–H groups in total. The molecular formula is C34H65N3O5S. The molecule has 0 aromatic rings. The molecule has 0 aromatic heterocycles. The van der Waals surface area contributed by atoms with Crippen molar-refractivity contribution in [2.24, 2.45) is 58.0 Å². The summed E-state index contributed by atoms with van der Waals surface area (Å²) >= 11 is 0. The number of nitrogens with one attached hydrogen (secondary N) is 2. The maximum absolute atomic E-state index is 11.8. The monoisotopic (exact) mass is 627 g/mol. The lowest BCUT2D eigenvalue weighted by molar-refractivity contribution is -0.167. The standard InChI is InChI=1S/C34H65N3O5S/c1-23(2)31(42-43(39,40)41)12-9-24(3)27-10-11-28-32-29(14-16-34(27,28)5)33(4)15-13-26(21-25(33)22-30(32)38)37-20-8-19-36-18-7-6-17-35/h23-32,36-38H,6-22,35H2,1-5H3,(H,39,40,41)/t24-,25-,26+,27-,28+,29+,30-,31-,32?,33+,34-/m1/s1. The Balaban J connectivity index is 1.32. The first-order chi connectivity index (χ1) is 20.3. The average Bonchev–Trinajstić information content (AvgIpc) is 3.29. The van der Waals surface area contributed by atoms with E-state index in [4.69, 9.17) is 9.92 Å². The highest BCUT2D eigenvalue weighted by atomic mass is 32.3. The van der Waals surface area contributed by atoms with Crippen LogP contribution in [0.5, 0.6) is 0 Å². The largest absolute Gasteiger partial charge is 0.397 e. The van der Waals surface area contributed by atoms with E-state index >= 15 is 0 Å². The summed E-state index contributed by atoms with van der Waals surface area (Å²) in [4.78, 5) is 0. The number of fused-ring (bicyclic) bond motifs is 5.